The Morgan fingerprint density at radius 3 is 2.62 bits per heavy atom. The zero-order valence-corrected chi connectivity index (χ0v) is 20.1. The van der Waals surface area contributed by atoms with E-state index < -0.39 is 6.61 Å². The van der Waals surface area contributed by atoms with Gasteiger partial charge in [0.2, 0.25) is 0 Å². The summed E-state index contributed by atoms with van der Waals surface area (Å²) >= 11 is 0. The van der Waals surface area contributed by atoms with E-state index in [1.165, 1.54) is 13.2 Å². The van der Waals surface area contributed by atoms with Gasteiger partial charge in [0.1, 0.15) is 17.3 Å². The van der Waals surface area contributed by atoms with Crippen LogP contribution in [-0.2, 0) is 13.1 Å². The number of hydrogen-bond donors (Lipinski definition) is 3. The molecule has 172 valence electrons. The molecule has 3 aromatic rings. The van der Waals surface area contributed by atoms with Crippen molar-refractivity contribution in [3.05, 3.63) is 66.1 Å². The third-order valence-corrected chi connectivity index (χ3v) is 4.37. The quantitative estimate of drug-likeness (QED) is 0.204. The van der Waals surface area contributed by atoms with Gasteiger partial charge in [0.05, 0.1) is 32.1 Å². The summed E-state index contributed by atoms with van der Waals surface area (Å²) in [6.07, 6.45) is 1.78. The second-order valence-electron chi connectivity index (χ2n) is 6.51. The maximum Gasteiger partial charge on any atom is 0.387 e. The van der Waals surface area contributed by atoms with Crippen molar-refractivity contribution in [3.8, 4) is 22.8 Å². The van der Waals surface area contributed by atoms with Crippen LogP contribution in [0, 0.1) is 0 Å². The molecule has 0 aliphatic heterocycles. The van der Waals surface area contributed by atoms with Crippen molar-refractivity contribution in [1.29, 1.82) is 0 Å². The predicted octanol–water partition coefficient (Wildman–Crippen LogP) is 4.56. The van der Waals surface area contributed by atoms with E-state index in [0.717, 1.165) is 17.1 Å². The van der Waals surface area contributed by atoms with Gasteiger partial charge in [-0.1, -0.05) is 30.3 Å². The van der Waals surface area contributed by atoms with E-state index in [0.29, 0.717) is 30.4 Å². The average Bonchev–Trinajstić information content (AvgIpc) is 3.26. The number of halogens is 3. The first-order valence-corrected chi connectivity index (χ1v) is 9.82. The summed E-state index contributed by atoms with van der Waals surface area (Å²) in [5.41, 5.74) is 2.46. The Hall–Kier alpha value is -2.89. The maximum absolute atomic E-state index is 12.7. The van der Waals surface area contributed by atoms with Crippen molar-refractivity contribution in [2.75, 3.05) is 13.7 Å². The third-order valence-electron chi connectivity index (χ3n) is 4.37. The van der Waals surface area contributed by atoms with Crippen LogP contribution in [0.5, 0.6) is 11.5 Å². The number of rotatable bonds is 9. The number of aliphatic imine (C=N–C) groups is 1. The monoisotopic (exact) mass is 557 g/mol. The molecule has 0 fully saturated rings. The van der Waals surface area contributed by atoms with Crippen LogP contribution >= 0.6 is 24.0 Å². The van der Waals surface area contributed by atoms with E-state index in [1.54, 1.807) is 18.3 Å². The van der Waals surface area contributed by atoms with Gasteiger partial charge in [-0.25, -0.2) is 9.98 Å². The molecule has 0 saturated carbocycles. The molecule has 0 atom stereocenters. The molecule has 0 amide bonds. The first kappa shape index (κ1) is 25.4. The first-order chi connectivity index (χ1) is 15.1. The fraction of sp³-hybridized carbons (Fsp3) is 0.273. The second kappa shape index (κ2) is 12.8. The number of nitrogens with zero attached hydrogens (tertiary/aromatic N) is 2. The summed E-state index contributed by atoms with van der Waals surface area (Å²) in [5, 5.41) is 6.31. The number of ether oxygens (including phenoxy) is 2. The minimum Gasteiger partial charge on any atom is -0.497 e. The highest BCUT2D eigenvalue weighted by atomic mass is 127. The van der Waals surface area contributed by atoms with Gasteiger partial charge >= 0.3 is 6.61 Å². The van der Waals surface area contributed by atoms with Gasteiger partial charge in [0.15, 0.2) is 5.96 Å². The molecular formula is C22H26F2IN5O2. The largest absolute Gasteiger partial charge is 0.497 e. The molecule has 0 saturated heterocycles. The number of alkyl halides is 2. The molecule has 1 heterocycles. The molecule has 0 radical (unpaired) electrons. The van der Waals surface area contributed by atoms with E-state index in [2.05, 4.69) is 30.3 Å². The smallest absolute Gasteiger partial charge is 0.387 e. The summed E-state index contributed by atoms with van der Waals surface area (Å²) < 4.78 is 35.2. The highest BCUT2D eigenvalue weighted by Gasteiger charge is 2.11. The number of aromatic nitrogens is 2. The minimum absolute atomic E-state index is 0. The van der Waals surface area contributed by atoms with Crippen LogP contribution in [0.15, 0.2) is 59.7 Å². The highest BCUT2D eigenvalue weighted by molar-refractivity contribution is 14.0. The number of nitrogens with one attached hydrogen (secondary N) is 3. The zero-order chi connectivity index (χ0) is 22.1. The molecule has 0 aliphatic rings. The normalized spacial score (nSPS) is 11.1. The summed E-state index contributed by atoms with van der Waals surface area (Å²) in [7, 11) is 1.51. The van der Waals surface area contributed by atoms with Crippen LogP contribution in [0.25, 0.3) is 11.3 Å². The number of hydrogen-bond acceptors (Lipinski definition) is 4. The average molecular weight is 557 g/mol. The fourth-order valence-corrected chi connectivity index (χ4v) is 2.91. The van der Waals surface area contributed by atoms with E-state index in [-0.39, 0.29) is 36.3 Å². The van der Waals surface area contributed by atoms with Crippen LogP contribution in [0.4, 0.5) is 8.78 Å². The van der Waals surface area contributed by atoms with Gasteiger partial charge in [0.25, 0.3) is 0 Å². The molecule has 7 nitrogen and oxygen atoms in total. The maximum atomic E-state index is 12.7. The number of guanidine groups is 1. The zero-order valence-electron chi connectivity index (χ0n) is 17.8. The molecule has 0 unspecified atom stereocenters. The van der Waals surface area contributed by atoms with Gasteiger partial charge in [-0.2, -0.15) is 8.78 Å². The third kappa shape index (κ3) is 7.36. The fourth-order valence-electron chi connectivity index (χ4n) is 2.91. The molecule has 3 rings (SSSR count). The lowest BCUT2D eigenvalue weighted by molar-refractivity contribution is -0.0504. The molecule has 2 aromatic carbocycles. The Balaban J connectivity index is 0.00000363. The number of aromatic amines is 1. The Morgan fingerprint density at radius 2 is 1.94 bits per heavy atom. The molecule has 32 heavy (non-hydrogen) atoms. The van der Waals surface area contributed by atoms with Crippen LogP contribution < -0.4 is 20.1 Å². The van der Waals surface area contributed by atoms with Crippen LogP contribution in [0.3, 0.4) is 0 Å². The van der Waals surface area contributed by atoms with Gasteiger partial charge in [-0.15, -0.1) is 24.0 Å². The number of imidazole rings is 1. The predicted molar refractivity (Wildman–Crippen MR) is 131 cm³/mol. The number of methoxy groups -OCH3 is 1. The van der Waals surface area contributed by atoms with Gasteiger partial charge in [-0.3, -0.25) is 0 Å². The van der Waals surface area contributed by atoms with Crippen molar-refractivity contribution in [1.82, 2.24) is 20.6 Å². The molecule has 1 aromatic heterocycles. The lowest BCUT2D eigenvalue weighted by Crippen LogP contribution is -2.37. The molecule has 3 N–H and O–H groups in total. The van der Waals surface area contributed by atoms with Crippen LogP contribution in [-0.4, -0.2) is 36.2 Å². The molecule has 0 aliphatic carbocycles. The molecule has 10 heteroatoms. The second-order valence-corrected chi connectivity index (χ2v) is 6.51. The summed E-state index contributed by atoms with van der Waals surface area (Å²) in [6.45, 7) is 0.200. The number of benzene rings is 2. The van der Waals surface area contributed by atoms with E-state index in [9.17, 15) is 8.78 Å². The lowest BCUT2D eigenvalue weighted by Gasteiger charge is -2.13. The van der Waals surface area contributed by atoms with E-state index in [1.807, 2.05) is 37.3 Å². The Labute approximate surface area is 202 Å². The summed E-state index contributed by atoms with van der Waals surface area (Å²) in [4.78, 5) is 12.1. The SMILES string of the molecule is CCNC(=NCc1cc(OC)ccc1OC(F)F)NCc1ncc(-c2ccccc2)[nH]1.I. The molecule has 0 spiro atoms. The van der Waals surface area contributed by atoms with Crippen molar-refractivity contribution in [2.24, 2.45) is 4.99 Å². The van der Waals surface area contributed by atoms with Crippen molar-refractivity contribution < 1.29 is 18.3 Å². The van der Waals surface area contributed by atoms with Crippen LogP contribution in [0.1, 0.15) is 18.3 Å². The van der Waals surface area contributed by atoms with Gasteiger partial charge < -0.3 is 25.1 Å². The minimum atomic E-state index is -2.92. The lowest BCUT2D eigenvalue weighted by atomic mass is 10.2. The standard InChI is InChI=1S/C22H25F2N5O2.HI/c1-3-25-22(27-12-16-11-17(30-2)9-10-19(16)31-21(23)24)28-14-20-26-13-18(29-20)15-7-5-4-6-8-15;/h4-11,13,21H,3,12,14H2,1-2H3,(H,26,29)(H2,25,27,28);1H. The van der Waals surface area contributed by atoms with Gasteiger partial charge in [-0.05, 0) is 30.7 Å². The first-order valence-electron chi connectivity index (χ1n) is 9.82. The van der Waals surface area contributed by atoms with Crippen LogP contribution in [0.2, 0.25) is 0 Å². The summed E-state index contributed by atoms with van der Waals surface area (Å²) in [6, 6.07) is 14.5. The molecule has 0 bridgehead atoms. The van der Waals surface area contributed by atoms with E-state index in [4.69, 9.17) is 4.74 Å². The Bertz CT molecular complexity index is 999. The van der Waals surface area contributed by atoms with E-state index >= 15 is 0 Å². The Kier molecular flexibility index (Phi) is 10.2. The summed E-state index contributed by atoms with van der Waals surface area (Å²) in [5.74, 6) is 1.86. The number of H-pyrrole nitrogens is 1. The van der Waals surface area contributed by atoms with Crippen molar-refractivity contribution >= 4 is 29.9 Å². The highest BCUT2D eigenvalue weighted by Crippen LogP contribution is 2.26. The molecular weight excluding hydrogens is 531 g/mol. The topological polar surface area (TPSA) is 83.6 Å². The van der Waals surface area contributed by atoms with Crippen molar-refractivity contribution in [2.45, 2.75) is 26.6 Å². The van der Waals surface area contributed by atoms with Gasteiger partial charge in [0, 0.05) is 12.1 Å². The van der Waals surface area contributed by atoms with Crippen molar-refractivity contribution in [3.63, 3.8) is 0 Å². The Morgan fingerprint density at radius 1 is 1.16 bits per heavy atom.